The number of aromatic amines is 3. The number of hydrogen-bond acceptors (Lipinski definition) is 32. The van der Waals surface area contributed by atoms with Gasteiger partial charge in [-0.25, -0.2) is 53.5 Å². The molecule has 0 atom stereocenters. The molecule has 2 aromatic carbocycles. The molecule has 0 saturated carbocycles. The Morgan fingerprint density at radius 1 is 0.532 bits per heavy atom. The summed E-state index contributed by atoms with van der Waals surface area (Å²) in [6.45, 7) is 32.3. The third-order valence-corrected chi connectivity index (χ3v) is 29.3. The number of ether oxygens (including phenoxy) is 4. The summed E-state index contributed by atoms with van der Waals surface area (Å²) in [5.41, 5.74) is 15.9. The standard InChI is InChI=1S/C21H32N4O4SSi.C17H32BN3O5Si.C17H16ClN5O2S.C17H14ClN5O2S.C10H10N4OS.C4H2BrNOS.CH4O.B.ClH.Na.H/c1-21(2,3)29-20(27)24-8-7-17-15(11-24)19(16-13-30-18(12-26)22-16)23-25(17)14-28-9-10-31(4,5)6;1-17(2,3)26-16(22)20-8-7-14-13(11-20)15(18(23)24)19-21(14)12-25-9-10-27(4,5)6;2*18-10-2-1-3-11(6-10)19-17(25)23-5-4-13-12(7-23)16(22-21-13)14-9-26-15(8-24)20-14;15-4-9-12-8(5-16-9)10-6-3-11-2-1-7(6)13-14-10;5-3-2-8-4(1-7)6-3;1-2;;;;/h12-13H,7-11,14H2,1-6H3;23-24H,7-12H2,1-6H3;1-3,6,9,24H,4-5,7-8H2,(H,19,25)(H,21,22);1-3,6,8-9H,4-5,7H2,(H,19,25)(H,21,22);4-5,11H,1-3H2,(H,13,14);1-2H;2H,1H3;;1H;;/q;;;;;;;;;+1;-1. The number of nitrogens with one attached hydrogen (secondary N) is 6. The molecule has 0 unspecified atom stereocenters. The van der Waals surface area contributed by atoms with Crippen molar-refractivity contribution in [1.29, 1.82) is 0 Å². The van der Waals surface area contributed by atoms with Crippen molar-refractivity contribution in [2.45, 2.75) is 189 Å². The van der Waals surface area contributed by atoms with Gasteiger partial charge in [-0.1, -0.05) is 74.6 Å². The Labute approximate surface area is 876 Å². The van der Waals surface area contributed by atoms with Crippen LogP contribution in [-0.4, -0.2) is 260 Å². The third kappa shape index (κ3) is 33.3. The third-order valence-electron chi connectivity index (χ3n) is 20.8. The molecule has 3 radical (unpaired) electrons. The molecule has 10 aromatic heterocycles. The molecule has 0 bridgehead atoms. The summed E-state index contributed by atoms with van der Waals surface area (Å²) < 4.78 is 27.0. The second kappa shape index (κ2) is 53.4. The number of carbonyl (C=O) groups is 8. The molecule has 15 heterocycles. The SMILES string of the molecule is CC(C)(C)OC(=O)N1CCc2c(c(-c3csc(C=O)n3)nn2COCC[Si](C)(C)C)C1.CC(C)(C)OC(=O)N1CCc2c(c(B(O)O)nn2COCC[Si](C)(C)C)C1.CO.Cl.O=C(Nc1cccc(Cl)c1)N1CCc2[nH]nc(-c3csc(CO)n3)c2C1.O=Cc1nc(-c2n[nH]c3c2CN(C(=O)Nc2cccc(Cl)c2)CC3)cs1.O=Cc1nc(-c2n[nH]c3c2CNCC3)cs1.O=Cc1nc(Br)cs1.[B].[H-].[Na+]. The van der Waals surface area contributed by atoms with Crippen LogP contribution >= 0.6 is 108 Å². The van der Waals surface area contributed by atoms with Gasteiger partial charge in [0.1, 0.15) is 79.8 Å². The molecule has 5 aliphatic heterocycles. The van der Waals surface area contributed by atoms with Gasteiger partial charge < -0.3 is 76.2 Å². The van der Waals surface area contributed by atoms with Crippen molar-refractivity contribution >= 4 is 206 Å². The molecule has 38 nitrogen and oxygen atoms in total. The molecular formula is C87H112B2BrCl3N22NaO16S5Si2. The van der Waals surface area contributed by atoms with E-state index in [2.05, 4.69) is 132 Å². The number of carbonyl (C=O) groups excluding carboxylic acids is 8. The molecule has 6 amide bonds. The Balaban J connectivity index is 0.000000232. The second-order valence-electron chi connectivity index (χ2n) is 35.7. The number of thiazole rings is 5. The van der Waals surface area contributed by atoms with E-state index in [1.54, 1.807) is 83.6 Å². The van der Waals surface area contributed by atoms with Gasteiger partial charge in [-0.05, 0) is 106 Å². The number of anilines is 2. The van der Waals surface area contributed by atoms with E-state index in [1.165, 1.54) is 67.9 Å². The summed E-state index contributed by atoms with van der Waals surface area (Å²) in [6, 6.07) is 15.9. The van der Waals surface area contributed by atoms with Crippen LogP contribution in [0.4, 0.5) is 30.6 Å². The Morgan fingerprint density at radius 2 is 0.921 bits per heavy atom. The Morgan fingerprint density at radius 3 is 1.32 bits per heavy atom. The first-order chi connectivity index (χ1) is 64.8. The number of fused-ring (bicyclic) bond motifs is 5. The van der Waals surface area contributed by atoms with Gasteiger partial charge in [0.2, 0.25) is 0 Å². The quantitative estimate of drug-likeness (QED) is 0.0171. The van der Waals surface area contributed by atoms with Gasteiger partial charge >= 0.3 is 60.9 Å². The van der Waals surface area contributed by atoms with Gasteiger partial charge in [0.15, 0.2) is 45.2 Å². The van der Waals surface area contributed by atoms with Crippen LogP contribution in [0.2, 0.25) is 61.4 Å². The number of halogens is 4. The van der Waals surface area contributed by atoms with Crippen LogP contribution < -0.4 is 51.1 Å². The van der Waals surface area contributed by atoms with Crippen molar-refractivity contribution in [3.05, 3.63) is 171 Å². The van der Waals surface area contributed by atoms with Gasteiger partial charge in [-0.15, -0.1) is 69.1 Å². The number of aliphatic hydroxyl groups excluding tert-OH is 2. The minimum atomic E-state index is -1.69. The van der Waals surface area contributed by atoms with E-state index in [-0.39, 0.29) is 95.4 Å². The van der Waals surface area contributed by atoms with Crippen LogP contribution in [0, 0.1) is 0 Å². The van der Waals surface area contributed by atoms with Crippen molar-refractivity contribution in [3.8, 4) is 45.6 Å². The summed E-state index contributed by atoms with van der Waals surface area (Å²) in [6.07, 6.45) is 5.77. The van der Waals surface area contributed by atoms with Gasteiger partial charge in [-0.3, -0.25) is 34.5 Å². The normalized spacial score (nSPS) is 13.4. The summed E-state index contributed by atoms with van der Waals surface area (Å²) >= 11 is 21.7. The van der Waals surface area contributed by atoms with Crippen molar-refractivity contribution in [2.75, 3.05) is 63.7 Å². The number of urea groups is 2. The van der Waals surface area contributed by atoms with Crippen molar-refractivity contribution in [1.82, 2.24) is 100.0 Å². The van der Waals surface area contributed by atoms with E-state index in [4.69, 9.17) is 52.4 Å². The average molecular weight is 2170 g/mol. The van der Waals surface area contributed by atoms with Gasteiger partial charge in [0, 0.05) is 221 Å². The van der Waals surface area contributed by atoms with E-state index in [9.17, 15) is 53.5 Å². The van der Waals surface area contributed by atoms with Crippen molar-refractivity contribution in [3.63, 3.8) is 0 Å². The zero-order valence-electron chi connectivity index (χ0n) is 80.5. The van der Waals surface area contributed by atoms with Crippen LogP contribution in [0.5, 0.6) is 0 Å². The van der Waals surface area contributed by atoms with Crippen LogP contribution in [-0.2, 0) is 104 Å². The molecule has 739 valence electrons. The van der Waals surface area contributed by atoms with Crippen LogP contribution in [0.1, 0.15) is 143 Å². The largest absolute Gasteiger partial charge is 1.00 e. The maximum Gasteiger partial charge on any atom is 1.00 e. The van der Waals surface area contributed by atoms with E-state index in [0.29, 0.717) is 172 Å². The van der Waals surface area contributed by atoms with Gasteiger partial charge in [-0.2, -0.15) is 25.5 Å². The zero-order chi connectivity index (χ0) is 98.3. The predicted octanol–water partition coefficient (Wildman–Crippen LogP) is 11.9. The van der Waals surface area contributed by atoms with Crippen molar-refractivity contribution < 1.29 is 109 Å². The van der Waals surface area contributed by atoms with E-state index in [0.717, 1.165) is 125 Å². The second-order valence-corrected chi connectivity index (χ2v) is 53.1. The first-order valence-electron chi connectivity index (χ1n) is 43.3. The van der Waals surface area contributed by atoms with Crippen LogP contribution in [0.3, 0.4) is 0 Å². The number of aromatic nitrogens is 15. The minimum absolute atomic E-state index is 0. The fourth-order valence-electron chi connectivity index (χ4n) is 14.2. The maximum absolute atomic E-state index is 12.6. The Kier molecular flexibility index (Phi) is 44.3. The molecule has 12 aromatic rings. The maximum atomic E-state index is 12.6. The average Bonchev–Trinajstić information content (AvgIpc) is 1.61. The number of H-pyrrole nitrogens is 3. The molecule has 0 fully saturated rings. The minimum Gasteiger partial charge on any atom is -1.00 e. The van der Waals surface area contributed by atoms with E-state index >= 15 is 0 Å². The van der Waals surface area contributed by atoms with Gasteiger partial charge in [0.25, 0.3) is 0 Å². The van der Waals surface area contributed by atoms with E-state index in [1.807, 2.05) is 62.4 Å². The molecule has 0 saturated heterocycles. The number of aliphatic hydroxyl groups is 2. The summed E-state index contributed by atoms with van der Waals surface area (Å²) in [7, 11) is -3.03. The molecule has 52 heteroatoms. The number of amides is 6. The molecule has 5 aliphatic rings. The molecule has 10 N–H and O–H groups in total. The molecular weight excluding hydrogens is 2060 g/mol. The summed E-state index contributed by atoms with van der Waals surface area (Å²) in [5.74, 6) is 0. The topological polar surface area (TPSA) is 490 Å². The Bertz CT molecular complexity index is 6120. The first kappa shape index (κ1) is 115. The molecule has 17 rings (SSSR count). The molecule has 0 aliphatic carbocycles. The Hall–Kier alpha value is -8.97. The summed E-state index contributed by atoms with van der Waals surface area (Å²) in [4.78, 5) is 120. The number of nitrogens with zero attached hydrogens (tertiary/aromatic N) is 16. The van der Waals surface area contributed by atoms with Crippen molar-refractivity contribution in [2.24, 2.45) is 0 Å². The zero-order valence-corrected chi connectivity index (χ0v) is 91.4. The van der Waals surface area contributed by atoms with Crippen LogP contribution in [0.25, 0.3) is 45.6 Å². The molecule has 139 heavy (non-hydrogen) atoms. The number of benzene rings is 2. The number of rotatable bonds is 22. The summed E-state index contributed by atoms with van der Waals surface area (Å²) in [5, 5.41) is 88.5. The number of hydrogen-bond donors (Lipinski definition) is 10. The predicted molar refractivity (Wildman–Crippen MR) is 548 cm³/mol. The van der Waals surface area contributed by atoms with Gasteiger partial charge in [0.05, 0.1) is 38.4 Å². The monoisotopic (exact) mass is 2170 g/mol. The first-order valence-corrected chi connectivity index (χ1v) is 56.6. The fraction of sp³-hybridized carbons (Fsp3) is 0.425. The smallest absolute Gasteiger partial charge is 1.00 e. The number of aldehydes is 4. The van der Waals surface area contributed by atoms with Crippen LogP contribution in [0.15, 0.2) is 80.0 Å². The fourth-order valence-corrected chi connectivity index (χ4v) is 19.6. The molecule has 0 spiro atoms. The van der Waals surface area contributed by atoms with E-state index < -0.39 is 40.6 Å².